The standard InChI is InChI=1S/C17H18F3NO4/c18-17(19,20)12-6-1-2-7-13(12)25-9-14(22)21-8-10-4-3-5-11(10)15(21)16(23)24/h1-2,6-7,10-11,15H,3-5,8-9H2,(H,23,24). The van der Waals surface area contributed by atoms with Crippen molar-refractivity contribution in [2.45, 2.75) is 31.5 Å². The number of ether oxygens (including phenoxy) is 1. The first kappa shape index (κ1) is 17.6. The van der Waals surface area contributed by atoms with E-state index in [4.69, 9.17) is 4.74 Å². The number of rotatable bonds is 4. The molecule has 2 fully saturated rings. The van der Waals surface area contributed by atoms with Crippen molar-refractivity contribution in [3.8, 4) is 5.75 Å². The van der Waals surface area contributed by atoms with Crippen molar-refractivity contribution in [1.82, 2.24) is 4.90 Å². The molecule has 5 nitrogen and oxygen atoms in total. The zero-order chi connectivity index (χ0) is 18.2. The Morgan fingerprint density at radius 3 is 2.64 bits per heavy atom. The lowest BCUT2D eigenvalue weighted by atomic mass is 9.94. The third-order valence-electron chi connectivity index (χ3n) is 5.01. The zero-order valence-electron chi connectivity index (χ0n) is 13.3. The van der Waals surface area contributed by atoms with Gasteiger partial charge in [0, 0.05) is 6.54 Å². The van der Waals surface area contributed by atoms with Crippen LogP contribution in [0, 0.1) is 11.8 Å². The van der Waals surface area contributed by atoms with E-state index in [1.54, 1.807) is 0 Å². The van der Waals surface area contributed by atoms with Crippen LogP contribution in [-0.2, 0) is 15.8 Å². The summed E-state index contributed by atoms with van der Waals surface area (Å²) < 4.78 is 43.9. The molecule has 1 aliphatic carbocycles. The Labute approximate surface area is 142 Å². The lowest BCUT2D eigenvalue weighted by molar-refractivity contribution is -0.150. The molecule has 3 unspecified atom stereocenters. The summed E-state index contributed by atoms with van der Waals surface area (Å²) in [5.74, 6) is -2.04. The molecule has 0 spiro atoms. The van der Waals surface area contributed by atoms with Gasteiger partial charge in [0.05, 0.1) is 5.56 Å². The van der Waals surface area contributed by atoms with Crippen molar-refractivity contribution < 1.29 is 32.6 Å². The molecule has 1 aromatic carbocycles. The number of nitrogens with zero attached hydrogens (tertiary/aromatic N) is 1. The van der Waals surface area contributed by atoms with Crippen molar-refractivity contribution in [2.24, 2.45) is 11.8 Å². The monoisotopic (exact) mass is 357 g/mol. The van der Waals surface area contributed by atoms with Gasteiger partial charge in [-0.2, -0.15) is 13.2 Å². The van der Waals surface area contributed by atoms with E-state index >= 15 is 0 Å². The van der Waals surface area contributed by atoms with E-state index in [9.17, 15) is 27.9 Å². The Balaban J connectivity index is 1.70. The summed E-state index contributed by atoms with van der Waals surface area (Å²) in [6.45, 7) is -0.291. The Bertz CT molecular complexity index is 676. The minimum atomic E-state index is -4.59. The van der Waals surface area contributed by atoms with Gasteiger partial charge in [-0.25, -0.2) is 4.79 Å². The first-order valence-corrected chi connectivity index (χ1v) is 8.10. The number of fused-ring (bicyclic) bond motifs is 1. The molecule has 0 aromatic heterocycles. The topological polar surface area (TPSA) is 66.8 Å². The lowest BCUT2D eigenvalue weighted by Crippen LogP contribution is -2.45. The molecule has 0 radical (unpaired) electrons. The number of carboxylic acids is 1. The van der Waals surface area contributed by atoms with Crippen molar-refractivity contribution in [3.63, 3.8) is 0 Å². The summed E-state index contributed by atoms with van der Waals surface area (Å²) in [6.07, 6.45) is -2.02. The molecule has 1 aromatic rings. The third kappa shape index (κ3) is 3.43. The van der Waals surface area contributed by atoms with Gasteiger partial charge in [-0.15, -0.1) is 0 Å². The third-order valence-corrected chi connectivity index (χ3v) is 5.01. The summed E-state index contributed by atoms with van der Waals surface area (Å²) in [5.41, 5.74) is -0.962. The smallest absolute Gasteiger partial charge is 0.419 e. The van der Waals surface area contributed by atoms with Gasteiger partial charge in [0.15, 0.2) is 6.61 Å². The summed E-state index contributed by atoms with van der Waals surface area (Å²) in [7, 11) is 0. The highest BCUT2D eigenvalue weighted by molar-refractivity contribution is 5.85. The molecule has 0 bridgehead atoms. The molecule has 1 N–H and O–H groups in total. The molecule has 1 saturated heterocycles. The van der Waals surface area contributed by atoms with Crippen molar-refractivity contribution in [1.29, 1.82) is 0 Å². The van der Waals surface area contributed by atoms with E-state index in [1.807, 2.05) is 0 Å². The molecule has 1 saturated carbocycles. The fraction of sp³-hybridized carbons (Fsp3) is 0.529. The Hall–Kier alpha value is -2.25. The van der Waals surface area contributed by atoms with Crippen LogP contribution < -0.4 is 4.74 Å². The quantitative estimate of drug-likeness (QED) is 0.900. The van der Waals surface area contributed by atoms with Crippen LogP contribution in [0.3, 0.4) is 0 Å². The molecule has 2 aliphatic rings. The second kappa shape index (κ2) is 6.57. The van der Waals surface area contributed by atoms with Gasteiger partial charge in [-0.1, -0.05) is 18.6 Å². The Morgan fingerprint density at radius 2 is 1.96 bits per heavy atom. The van der Waals surface area contributed by atoms with Crippen molar-refractivity contribution in [3.05, 3.63) is 29.8 Å². The molecule has 1 aliphatic heterocycles. The van der Waals surface area contributed by atoms with E-state index in [0.717, 1.165) is 31.4 Å². The van der Waals surface area contributed by atoms with Crippen LogP contribution >= 0.6 is 0 Å². The van der Waals surface area contributed by atoms with Gasteiger partial charge in [-0.05, 0) is 36.8 Å². The number of hydrogen-bond acceptors (Lipinski definition) is 3. The summed E-state index contributed by atoms with van der Waals surface area (Å²) in [6, 6.07) is 3.72. The molecule has 25 heavy (non-hydrogen) atoms. The van der Waals surface area contributed by atoms with E-state index in [-0.39, 0.29) is 11.8 Å². The number of carbonyl (C=O) groups excluding carboxylic acids is 1. The highest BCUT2D eigenvalue weighted by Gasteiger charge is 2.49. The number of hydrogen-bond donors (Lipinski definition) is 1. The molecule has 3 rings (SSSR count). The normalized spacial score (nSPS) is 25.7. The van der Waals surface area contributed by atoms with Gasteiger partial charge in [0.1, 0.15) is 11.8 Å². The number of carbonyl (C=O) groups is 2. The predicted molar refractivity (Wildman–Crippen MR) is 80.9 cm³/mol. The van der Waals surface area contributed by atoms with Gasteiger partial charge >= 0.3 is 12.1 Å². The number of para-hydroxylation sites is 1. The van der Waals surface area contributed by atoms with E-state index in [1.165, 1.54) is 17.0 Å². The first-order valence-electron chi connectivity index (χ1n) is 8.10. The van der Waals surface area contributed by atoms with Crippen molar-refractivity contribution in [2.75, 3.05) is 13.2 Å². The number of carboxylic acid groups (broad SMARTS) is 1. The van der Waals surface area contributed by atoms with Crippen LogP contribution in [0.5, 0.6) is 5.75 Å². The van der Waals surface area contributed by atoms with E-state index < -0.39 is 42.0 Å². The van der Waals surface area contributed by atoms with Crippen LogP contribution in [0.2, 0.25) is 0 Å². The predicted octanol–water partition coefficient (Wildman–Crippen LogP) is 2.80. The average Bonchev–Trinajstić information content (AvgIpc) is 3.12. The van der Waals surface area contributed by atoms with Gasteiger partial charge in [0.25, 0.3) is 5.91 Å². The number of likely N-dealkylation sites (tertiary alicyclic amines) is 1. The van der Waals surface area contributed by atoms with Crippen LogP contribution in [0.25, 0.3) is 0 Å². The maximum atomic E-state index is 12.9. The second-order valence-electron chi connectivity index (χ2n) is 6.47. The summed E-state index contributed by atoms with van der Waals surface area (Å²) >= 11 is 0. The number of halogens is 3. The maximum absolute atomic E-state index is 12.9. The number of amides is 1. The first-order chi connectivity index (χ1) is 11.8. The minimum Gasteiger partial charge on any atom is -0.483 e. The summed E-state index contributed by atoms with van der Waals surface area (Å²) in [5, 5.41) is 9.43. The SMILES string of the molecule is O=C(O)C1C2CCCC2CN1C(=O)COc1ccccc1C(F)(F)F. The largest absolute Gasteiger partial charge is 0.483 e. The van der Waals surface area contributed by atoms with Crippen molar-refractivity contribution >= 4 is 11.9 Å². The molecule has 1 heterocycles. The molecule has 3 atom stereocenters. The molecule has 136 valence electrons. The van der Waals surface area contributed by atoms with Crippen LogP contribution in [0.15, 0.2) is 24.3 Å². The molecule has 8 heteroatoms. The zero-order valence-corrected chi connectivity index (χ0v) is 13.3. The van der Waals surface area contributed by atoms with Gasteiger partial charge < -0.3 is 14.7 Å². The lowest BCUT2D eigenvalue weighted by Gasteiger charge is -2.24. The molecule has 1 amide bonds. The molecular weight excluding hydrogens is 339 g/mol. The Kier molecular flexibility index (Phi) is 4.62. The number of alkyl halides is 3. The Morgan fingerprint density at radius 1 is 1.24 bits per heavy atom. The second-order valence-corrected chi connectivity index (χ2v) is 6.47. The van der Waals surface area contributed by atoms with E-state index in [0.29, 0.717) is 6.54 Å². The number of benzene rings is 1. The van der Waals surface area contributed by atoms with Crippen LogP contribution in [0.4, 0.5) is 13.2 Å². The average molecular weight is 357 g/mol. The fourth-order valence-corrected chi connectivity index (χ4v) is 3.93. The van der Waals surface area contributed by atoms with Gasteiger partial charge in [0.2, 0.25) is 0 Å². The minimum absolute atomic E-state index is 0.0797. The van der Waals surface area contributed by atoms with Crippen LogP contribution in [-0.4, -0.2) is 41.1 Å². The fourth-order valence-electron chi connectivity index (χ4n) is 3.93. The summed E-state index contributed by atoms with van der Waals surface area (Å²) in [4.78, 5) is 25.2. The maximum Gasteiger partial charge on any atom is 0.419 e. The van der Waals surface area contributed by atoms with Crippen LogP contribution in [0.1, 0.15) is 24.8 Å². The van der Waals surface area contributed by atoms with E-state index in [2.05, 4.69) is 0 Å². The highest BCUT2D eigenvalue weighted by Crippen LogP contribution is 2.42. The van der Waals surface area contributed by atoms with Gasteiger partial charge in [-0.3, -0.25) is 4.79 Å². The number of aliphatic carboxylic acids is 1. The molecular formula is C17H18F3NO4. The highest BCUT2D eigenvalue weighted by atomic mass is 19.4.